The molecule has 2 heterocycles. The Bertz CT molecular complexity index is 1220. The molecule has 4 rings (SSSR count). The minimum Gasteiger partial charge on any atom is -0.435 e. The molecule has 0 atom stereocenters. The van der Waals surface area contributed by atoms with Crippen LogP contribution in [0.4, 0.5) is 26.0 Å². The molecule has 7 nitrogen and oxygen atoms in total. The first-order chi connectivity index (χ1) is 14.9. The van der Waals surface area contributed by atoms with Crippen molar-refractivity contribution >= 4 is 57.1 Å². The van der Waals surface area contributed by atoms with Gasteiger partial charge in [-0.3, -0.25) is 9.48 Å². The number of thioether (sulfide) groups is 1. The van der Waals surface area contributed by atoms with Gasteiger partial charge in [0.2, 0.25) is 0 Å². The monoisotopic (exact) mass is 461 g/mol. The number of carbonyl (C=O) groups is 1. The summed E-state index contributed by atoms with van der Waals surface area (Å²) in [4.78, 5) is 17.8. The second-order valence-electron chi connectivity index (χ2n) is 6.42. The van der Waals surface area contributed by atoms with Gasteiger partial charge in [-0.25, -0.2) is 4.98 Å². The fourth-order valence-electron chi connectivity index (χ4n) is 2.90. The number of ether oxygens (including phenoxy) is 1. The Balaban J connectivity index is 1.54. The van der Waals surface area contributed by atoms with Gasteiger partial charge in [-0.05, 0) is 48.7 Å². The summed E-state index contributed by atoms with van der Waals surface area (Å²) in [6, 6.07) is 11.5. The molecule has 0 spiro atoms. The molecule has 0 saturated heterocycles. The molecule has 1 amide bonds. The number of fused-ring (bicyclic) bond motifs is 1. The number of thiazole rings is 1. The number of halogens is 2. The molecule has 11 heteroatoms. The van der Waals surface area contributed by atoms with E-state index in [-0.39, 0.29) is 11.7 Å². The highest BCUT2D eigenvalue weighted by Crippen LogP contribution is 2.32. The van der Waals surface area contributed by atoms with Gasteiger partial charge < -0.3 is 15.4 Å². The van der Waals surface area contributed by atoms with Crippen molar-refractivity contribution in [1.82, 2.24) is 14.8 Å². The largest absolute Gasteiger partial charge is 0.435 e. The predicted octanol–water partition coefficient (Wildman–Crippen LogP) is 5.35. The van der Waals surface area contributed by atoms with Gasteiger partial charge in [0.1, 0.15) is 10.6 Å². The molecule has 0 aliphatic rings. The van der Waals surface area contributed by atoms with Crippen LogP contribution < -0.4 is 15.4 Å². The molecule has 0 saturated carbocycles. The van der Waals surface area contributed by atoms with Crippen LogP contribution in [0, 0.1) is 0 Å². The maximum atomic E-state index is 13.0. The van der Waals surface area contributed by atoms with Crippen LogP contribution in [0.5, 0.6) is 5.75 Å². The minimum absolute atomic E-state index is 0.0485. The van der Waals surface area contributed by atoms with Crippen LogP contribution in [0.25, 0.3) is 10.9 Å². The molecule has 0 bridgehead atoms. The van der Waals surface area contributed by atoms with Crippen LogP contribution in [0.15, 0.2) is 53.0 Å². The first kappa shape index (κ1) is 21.1. The van der Waals surface area contributed by atoms with Gasteiger partial charge in [0, 0.05) is 30.0 Å². The molecule has 160 valence electrons. The third kappa shape index (κ3) is 4.94. The van der Waals surface area contributed by atoms with Gasteiger partial charge in [-0.2, -0.15) is 13.9 Å². The molecular formula is C20H17F2N5O2S2. The molecule has 0 fully saturated rings. The third-order valence-electron chi connectivity index (χ3n) is 4.21. The first-order valence-electron chi connectivity index (χ1n) is 9.03. The molecule has 0 unspecified atom stereocenters. The highest BCUT2D eigenvalue weighted by Gasteiger charge is 2.19. The summed E-state index contributed by atoms with van der Waals surface area (Å²) < 4.78 is 31.4. The lowest BCUT2D eigenvalue weighted by Gasteiger charge is -2.09. The maximum Gasteiger partial charge on any atom is 0.387 e. The first-order valence-corrected chi connectivity index (χ1v) is 11.1. The van der Waals surface area contributed by atoms with Crippen LogP contribution in [0.1, 0.15) is 9.67 Å². The number of benzene rings is 2. The summed E-state index contributed by atoms with van der Waals surface area (Å²) >= 11 is 2.69. The van der Waals surface area contributed by atoms with E-state index in [4.69, 9.17) is 0 Å². The standard InChI is InChI=1S/C20H17F2N5O2S2/c1-27-10-11-9-13(5-8-15(11)26-27)24-18(28)16-17(25-20(30-2)31-16)23-12-3-6-14(7-4-12)29-19(21)22/h3-10,19,23H,1-2H3,(H,24,28). The molecule has 31 heavy (non-hydrogen) atoms. The molecular weight excluding hydrogens is 444 g/mol. The van der Waals surface area contributed by atoms with Gasteiger partial charge >= 0.3 is 6.61 Å². The van der Waals surface area contributed by atoms with E-state index in [9.17, 15) is 13.6 Å². The normalized spacial score (nSPS) is 11.1. The SMILES string of the molecule is CSc1nc(Nc2ccc(OC(F)F)cc2)c(C(=O)Nc2ccc3nn(C)cc3c2)s1. The number of nitrogens with one attached hydrogen (secondary N) is 2. The van der Waals surface area contributed by atoms with E-state index >= 15 is 0 Å². The van der Waals surface area contributed by atoms with Crippen molar-refractivity contribution in [2.24, 2.45) is 7.05 Å². The number of aromatic nitrogens is 3. The lowest BCUT2D eigenvalue weighted by atomic mass is 10.2. The third-order valence-corrected chi connectivity index (χ3v) is 6.25. The molecule has 0 aliphatic carbocycles. The fourth-order valence-corrected chi connectivity index (χ4v) is 4.31. The van der Waals surface area contributed by atoms with Gasteiger partial charge in [-0.1, -0.05) is 11.8 Å². The van der Waals surface area contributed by atoms with Crippen LogP contribution in [0.2, 0.25) is 0 Å². The number of carbonyl (C=O) groups excluding carboxylic acids is 1. The highest BCUT2D eigenvalue weighted by molar-refractivity contribution is 8.00. The summed E-state index contributed by atoms with van der Waals surface area (Å²) in [5.41, 5.74) is 2.07. The Hall–Kier alpha value is -3.18. The van der Waals surface area contributed by atoms with Crippen molar-refractivity contribution in [2.75, 3.05) is 16.9 Å². The number of nitrogens with zero attached hydrogens (tertiary/aromatic N) is 3. The lowest BCUT2D eigenvalue weighted by molar-refractivity contribution is -0.0498. The summed E-state index contributed by atoms with van der Waals surface area (Å²) in [5.74, 6) is 0.130. The van der Waals surface area contributed by atoms with E-state index < -0.39 is 6.61 Å². The van der Waals surface area contributed by atoms with Crippen LogP contribution in [-0.4, -0.2) is 33.5 Å². The van der Waals surface area contributed by atoms with E-state index in [1.54, 1.807) is 22.9 Å². The van der Waals surface area contributed by atoms with Gasteiger partial charge in [0.25, 0.3) is 5.91 Å². The summed E-state index contributed by atoms with van der Waals surface area (Å²) in [6.45, 7) is -2.89. The van der Waals surface area contributed by atoms with E-state index in [2.05, 4.69) is 25.5 Å². The quantitative estimate of drug-likeness (QED) is 0.361. The Morgan fingerprint density at radius 2 is 1.94 bits per heavy atom. The molecule has 2 aromatic heterocycles. The lowest BCUT2D eigenvalue weighted by Crippen LogP contribution is -2.12. The maximum absolute atomic E-state index is 13.0. The second-order valence-corrected chi connectivity index (χ2v) is 8.47. The van der Waals surface area contributed by atoms with Gasteiger partial charge in [-0.15, -0.1) is 11.3 Å². The topological polar surface area (TPSA) is 81.1 Å². The number of amides is 1. The minimum atomic E-state index is -2.89. The van der Waals surface area contributed by atoms with Crippen molar-refractivity contribution in [2.45, 2.75) is 11.0 Å². The zero-order valence-electron chi connectivity index (χ0n) is 16.4. The summed E-state index contributed by atoms with van der Waals surface area (Å²) in [5, 5.41) is 11.2. The molecule has 2 N–H and O–H groups in total. The van der Waals surface area contributed by atoms with E-state index in [1.165, 1.54) is 35.2 Å². The summed E-state index contributed by atoms with van der Waals surface area (Å²) in [6.07, 6.45) is 3.75. The van der Waals surface area contributed by atoms with Crippen LogP contribution in [-0.2, 0) is 7.05 Å². The highest BCUT2D eigenvalue weighted by atomic mass is 32.2. The van der Waals surface area contributed by atoms with E-state index in [0.717, 1.165) is 10.9 Å². The molecule has 0 radical (unpaired) electrons. The Labute approximate surface area is 184 Å². The Morgan fingerprint density at radius 1 is 1.19 bits per heavy atom. The molecule has 2 aromatic carbocycles. The van der Waals surface area contributed by atoms with Crippen molar-refractivity contribution in [3.63, 3.8) is 0 Å². The predicted molar refractivity (Wildman–Crippen MR) is 119 cm³/mol. The molecule has 4 aromatic rings. The number of hydrogen-bond acceptors (Lipinski definition) is 7. The number of hydrogen-bond donors (Lipinski definition) is 2. The van der Waals surface area contributed by atoms with Crippen LogP contribution in [0.3, 0.4) is 0 Å². The zero-order valence-corrected chi connectivity index (χ0v) is 18.1. The van der Waals surface area contributed by atoms with Crippen molar-refractivity contribution in [3.8, 4) is 5.75 Å². The Morgan fingerprint density at radius 3 is 2.65 bits per heavy atom. The average Bonchev–Trinajstić information content (AvgIpc) is 3.31. The van der Waals surface area contributed by atoms with Crippen molar-refractivity contribution in [1.29, 1.82) is 0 Å². The molecule has 0 aliphatic heterocycles. The number of anilines is 3. The zero-order chi connectivity index (χ0) is 22.0. The number of rotatable bonds is 7. The van der Waals surface area contributed by atoms with Gasteiger partial charge in [0.15, 0.2) is 10.2 Å². The number of alkyl halides is 2. The smallest absolute Gasteiger partial charge is 0.387 e. The van der Waals surface area contributed by atoms with Crippen molar-refractivity contribution in [3.05, 3.63) is 53.5 Å². The average molecular weight is 462 g/mol. The Kier molecular flexibility index (Phi) is 6.05. The van der Waals surface area contributed by atoms with E-state index in [0.29, 0.717) is 26.4 Å². The fraction of sp³-hybridized carbons (Fsp3) is 0.150. The van der Waals surface area contributed by atoms with Gasteiger partial charge in [0.05, 0.1) is 5.52 Å². The summed E-state index contributed by atoms with van der Waals surface area (Å²) in [7, 11) is 1.84. The van der Waals surface area contributed by atoms with Crippen molar-refractivity contribution < 1.29 is 18.3 Å². The number of aryl methyl sites for hydroxylation is 1. The second kappa shape index (κ2) is 8.90. The van der Waals surface area contributed by atoms with Crippen LogP contribution >= 0.6 is 23.1 Å². The van der Waals surface area contributed by atoms with E-state index in [1.807, 2.05) is 31.6 Å².